The van der Waals surface area contributed by atoms with Gasteiger partial charge in [-0.15, -0.1) is 0 Å². The van der Waals surface area contributed by atoms with Gasteiger partial charge >= 0.3 is 12.4 Å². The van der Waals surface area contributed by atoms with Crippen LogP contribution < -0.4 is 9.80 Å². The number of anilines is 6. The fraction of sp³-hybridized carbons (Fsp3) is 0.0789. The van der Waals surface area contributed by atoms with Crippen LogP contribution in [0.15, 0.2) is 140 Å². The number of hydrogen-bond donors (Lipinski definition) is 0. The van der Waals surface area contributed by atoms with E-state index in [-0.39, 0.29) is 6.20 Å². The monoisotopic (exact) mass is 635 g/mol. The Balaban J connectivity index is 1.50. The van der Waals surface area contributed by atoms with Crippen LogP contribution in [0.5, 0.6) is 0 Å². The number of para-hydroxylation sites is 5. The van der Waals surface area contributed by atoms with E-state index in [2.05, 4.69) is 9.88 Å². The number of hydrogen-bond acceptors (Lipinski definition) is 3. The average molecular weight is 636 g/mol. The minimum atomic E-state index is -4.98. The third-order valence-corrected chi connectivity index (χ3v) is 8.93. The molecule has 0 atom stereocenters. The first kappa shape index (κ1) is 28.9. The first-order chi connectivity index (χ1) is 22.6. The van der Waals surface area contributed by atoms with Crippen molar-refractivity contribution < 1.29 is 26.3 Å². The summed E-state index contributed by atoms with van der Waals surface area (Å²) in [6.07, 6.45) is -9.67. The summed E-state index contributed by atoms with van der Waals surface area (Å²) >= 11 is 0. The Bertz CT molecular complexity index is 2060. The second kappa shape index (κ2) is 10.2. The Morgan fingerprint density at radius 3 is 1.28 bits per heavy atom. The zero-order chi connectivity index (χ0) is 32.6. The van der Waals surface area contributed by atoms with Crippen LogP contribution in [0.4, 0.5) is 60.5 Å². The summed E-state index contributed by atoms with van der Waals surface area (Å²) in [7, 11) is 0. The van der Waals surface area contributed by atoms with Crippen LogP contribution in [-0.4, -0.2) is 4.98 Å². The van der Waals surface area contributed by atoms with E-state index in [1.54, 1.807) is 36.4 Å². The van der Waals surface area contributed by atoms with Gasteiger partial charge in [0.05, 0.1) is 39.4 Å². The van der Waals surface area contributed by atoms with Crippen LogP contribution in [0.2, 0.25) is 0 Å². The highest BCUT2D eigenvalue weighted by atomic mass is 19.4. The van der Waals surface area contributed by atoms with Crippen molar-refractivity contribution in [3.05, 3.63) is 173 Å². The first-order valence-electron chi connectivity index (χ1n) is 14.8. The van der Waals surface area contributed by atoms with Gasteiger partial charge in [-0.3, -0.25) is 4.98 Å². The van der Waals surface area contributed by atoms with Crippen molar-refractivity contribution in [1.29, 1.82) is 0 Å². The largest absolute Gasteiger partial charge is 0.433 e. The molecule has 0 aliphatic carbocycles. The molecule has 2 aliphatic heterocycles. The van der Waals surface area contributed by atoms with Crippen molar-refractivity contribution >= 4 is 34.1 Å². The predicted molar refractivity (Wildman–Crippen MR) is 169 cm³/mol. The number of halogens is 6. The van der Waals surface area contributed by atoms with Gasteiger partial charge in [-0.2, -0.15) is 26.3 Å². The van der Waals surface area contributed by atoms with E-state index in [4.69, 9.17) is 0 Å². The van der Waals surface area contributed by atoms with Crippen LogP contribution in [0, 0.1) is 0 Å². The van der Waals surface area contributed by atoms with Crippen LogP contribution in [0.3, 0.4) is 0 Å². The van der Waals surface area contributed by atoms with Crippen LogP contribution in [0.1, 0.15) is 33.5 Å². The maximum Gasteiger partial charge on any atom is 0.433 e. The molecule has 3 nitrogen and oxygen atoms in total. The van der Waals surface area contributed by atoms with Gasteiger partial charge < -0.3 is 9.80 Å². The molecule has 2 aliphatic rings. The molecule has 47 heavy (non-hydrogen) atoms. The van der Waals surface area contributed by atoms with Crippen molar-refractivity contribution in [1.82, 2.24) is 4.98 Å². The van der Waals surface area contributed by atoms with E-state index in [0.29, 0.717) is 28.6 Å². The summed E-state index contributed by atoms with van der Waals surface area (Å²) < 4.78 is 85.7. The third kappa shape index (κ3) is 4.19. The topological polar surface area (TPSA) is 19.4 Å². The van der Waals surface area contributed by atoms with Gasteiger partial charge in [0.15, 0.2) is 0 Å². The molecule has 232 valence electrons. The maximum atomic E-state index is 14.6. The Morgan fingerprint density at radius 2 is 0.851 bits per heavy atom. The van der Waals surface area contributed by atoms with Crippen molar-refractivity contribution in [2.45, 2.75) is 17.8 Å². The van der Waals surface area contributed by atoms with E-state index in [1.165, 1.54) is 4.90 Å². The quantitative estimate of drug-likeness (QED) is 0.176. The van der Waals surface area contributed by atoms with Crippen molar-refractivity contribution in [3.63, 3.8) is 0 Å². The fourth-order valence-electron chi connectivity index (χ4n) is 7.19. The molecule has 0 radical (unpaired) electrons. The van der Waals surface area contributed by atoms with Crippen LogP contribution in [-0.2, 0) is 17.8 Å². The number of rotatable bonds is 2. The van der Waals surface area contributed by atoms with Gasteiger partial charge in [0.1, 0.15) is 5.69 Å². The lowest BCUT2D eigenvalue weighted by Crippen LogP contribution is -2.42. The van der Waals surface area contributed by atoms with Gasteiger partial charge in [-0.25, -0.2) is 0 Å². The van der Waals surface area contributed by atoms with Gasteiger partial charge in [-0.1, -0.05) is 91.0 Å². The SMILES string of the molecule is FC(F)(F)c1cc(N2c3ccccc3C3(c4ccccc4N(c4ccccc4)c4ccccc43)c3ccccc32)c(C(F)(F)F)cn1. The molecule has 8 rings (SSSR count). The number of benzene rings is 5. The van der Waals surface area contributed by atoms with E-state index < -0.39 is 34.7 Å². The lowest BCUT2D eigenvalue weighted by atomic mass is 9.60. The zero-order valence-corrected chi connectivity index (χ0v) is 24.4. The number of aromatic nitrogens is 1. The normalized spacial score (nSPS) is 14.7. The van der Waals surface area contributed by atoms with Gasteiger partial charge in [0.2, 0.25) is 0 Å². The zero-order valence-electron chi connectivity index (χ0n) is 24.4. The first-order valence-corrected chi connectivity index (χ1v) is 14.8. The van der Waals surface area contributed by atoms with E-state index >= 15 is 0 Å². The van der Waals surface area contributed by atoms with E-state index in [0.717, 1.165) is 28.2 Å². The third-order valence-electron chi connectivity index (χ3n) is 8.93. The Morgan fingerprint density at radius 1 is 0.447 bits per heavy atom. The molecule has 6 aromatic rings. The molecule has 0 unspecified atom stereocenters. The molecule has 1 spiro atoms. The van der Waals surface area contributed by atoms with E-state index in [9.17, 15) is 26.3 Å². The molecule has 5 aromatic carbocycles. The smallest absolute Gasteiger partial charge is 0.310 e. The average Bonchev–Trinajstić information content (AvgIpc) is 3.07. The van der Waals surface area contributed by atoms with Crippen LogP contribution in [0.25, 0.3) is 0 Å². The highest BCUT2D eigenvalue weighted by Gasteiger charge is 2.52. The van der Waals surface area contributed by atoms with Gasteiger partial charge in [0.25, 0.3) is 0 Å². The second-order valence-electron chi connectivity index (χ2n) is 11.4. The molecular weight excluding hydrogens is 612 g/mol. The molecule has 0 fully saturated rings. The summed E-state index contributed by atoms with van der Waals surface area (Å²) in [5.74, 6) is 0. The van der Waals surface area contributed by atoms with Crippen LogP contribution >= 0.6 is 0 Å². The highest BCUT2D eigenvalue weighted by Crippen LogP contribution is 2.64. The fourth-order valence-corrected chi connectivity index (χ4v) is 7.19. The Hall–Kier alpha value is -5.57. The van der Waals surface area contributed by atoms with Crippen molar-refractivity contribution in [2.24, 2.45) is 0 Å². The second-order valence-corrected chi connectivity index (χ2v) is 11.4. The van der Waals surface area contributed by atoms with Gasteiger partial charge in [0, 0.05) is 11.9 Å². The summed E-state index contributed by atoms with van der Waals surface area (Å²) in [5.41, 5.74) is 1.95. The Labute approximate surface area is 266 Å². The highest BCUT2D eigenvalue weighted by molar-refractivity contribution is 5.96. The lowest BCUT2D eigenvalue weighted by molar-refractivity contribution is -0.144. The minimum Gasteiger partial charge on any atom is -0.310 e. The predicted octanol–water partition coefficient (Wildman–Crippen LogP) is 11.1. The molecule has 0 bridgehead atoms. The van der Waals surface area contributed by atoms with Crippen molar-refractivity contribution in [3.8, 4) is 0 Å². The number of alkyl halides is 6. The molecule has 0 saturated heterocycles. The molecule has 9 heteroatoms. The standard InChI is InChI=1S/C38H23F6N3/c39-37(40,41)29-23-45-35(38(42,43)44)22-34(29)47-32-20-10-6-16-27(32)36(28-17-7-11-21-33(28)47)25-14-4-8-18-30(25)46(24-12-2-1-3-13-24)31-19-9-5-15-26(31)36/h1-23H. The molecule has 3 heterocycles. The molecule has 0 amide bonds. The Kier molecular flexibility index (Phi) is 6.28. The number of nitrogens with zero attached hydrogens (tertiary/aromatic N) is 3. The summed E-state index contributed by atoms with van der Waals surface area (Å²) in [6, 6.07) is 40.1. The summed E-state index contributed by atoms with van der Waals surface area (Å²) in [6.45, 7) is 0. The molecular formula is C38H23F6N3. The summed E-state index contributed by atoms with van der Waals surface area (Å²) in [4.78, 5) is 6.64. The van der Waals surface area contributed by atoms with Gasteiger partial charge in [-0.05, 0) is 64.7 Å². The van der Waals surface area contributed by atoms with E-state index in [1.807, 2.05) is 91.0 Å². The number of pyridine rings is 1. The van der Waals surface area contributed by atoms with Crippen molar-refractivity contribution in [2.75, 3.05) is 9.80 Å². The molecule has 0 saturated carbocycles. The number of fused-ring (bicyclic) bond motifs is 8. The molecule has 1 aromatic heterocycles. The molecule has 0 N–H and O–H groups in total. The lowest BCUT2D eigenvalue weighted by Gasteiger charge is -2.51. The maximum absolute atomic E-state index is 14.6. The summed E-state index contributed by atoms with van der Waals surface area (Å²) in [5, 5.41) is 0. The minimum absolute atomic E-state index is 0.275.